The van der Waals surface area contributed by atoms with Gasteiger partial charge in [-0.15, -0.1) is 10.2 Å². The Labute approximate surface area is 79.4 Å². The van der Waals surface area contributed by atoms with E-state index in [1.165, 1.54) is 0 Å². The molecule has 0 radical (unpaired) electrons. The van der Waals surface area contributed by atoms with E-state index in [1.54, 1.807) is 0 Å². The zero-order chi connectivity index (χ0) is 9.84. The Balaban J connectivity index is 2.41. The van der Waals surface area contributed by atoms with E-state index in [-0.39, 0.29) is 0 Å². The van der Waals surface area contributed by atoms with Gasteiger partial charge in [0.15, 0.2) is 0 Å². The summed E-state index contributed by atoms with van der Waals surface area (Å²) in [5.41, 5.74) is 0. The van der Waals surface area contributed by atoms with Crippen molar-refractivity contribution in [1.29, 1.82) is 0 Å². The summed E-state index contributed by atoms with van der Waals surface area (Å²) < 4.78 is 2.03. The van der Waals surface area contributed by atoms with Gasteiger partial charge >= 0.3 is 0 Å². The standard InChI is InChI=1S/C9H18N4/c1-7(2)10-6-5-9-12-11-8(3)13(9)4/h7,10H,5-6H2,1-4H3. The van der Waals surface area contributed by atoms with E-state index in [0.717, 1.165) is 24.6 Å². The Kier molecular flexibility index (Phi) is 3.42. The molecule has 0 aliphatic rings. The first-order valence-electron chi connectivity index (χ1n) is 4.69. The van der Waals surface area contributed by atoms with Crippen LogP contribution in [0.4, 0.5) is 0 Å². The zero-order valence-electron chi connectivity index (χ0n) is 8.83. The van der Waals surface area contributed by atoms with Crippen LogP contribution in [0, 0.1) is 6.92 Å². The molecule has 1 aromatic heterocycles. The average molecular weight is 182 g/mol. The molecule has 1 aromatic rings. The molecule has 4 nitrogen and oxygen atoms in total. The zero-order valence-corrected chi connectivity index (χ0v) is 8.83. The van der Waals surface area contributed by atoms with Crippen molar-refractivity contribution in [3.8, 4) is 0 Å². The molecule has 1 heterocycles. The minimum Gasteiger partial charge on any atom is -0.318 e. The van der Waals surface area contributed by atoms with Crippen LogP contribution in [0.3, 0.4) is 0 Å². The second-order valence-electron chi connectivity index (χ2n) is 3.58. The first-order chi connectivity index (χ1) is 6.11. The van der Waals surface area contributed by atoms with Gasteiger partial charge in [-0.3, -0.25) is 0 Å². The van der Waals surface area contributed by atoms with Crippen molar-refractivity contribution >= 4 is 0 Å². The van der Waals surface area contributed by atoms with E-state index >= 15 is 0 Å². The van der Waals surface area contributed by atoms with Crippen LogP contribution in [0.25, 0.3) is 0 Å². The summed E-state index contributed by atoms with van der Waals surface area (Å²) in [7, 11) is 2.00. The van der Waals surface area contributed by atoms with Gasteiger partial charge in [0.2, 0.25) is 0 Å². The summed E-state index contributed by atoms with van der Waals surface area (Å²) in [5.74, 6) is 2.02. The van der Waals surface area contributed by atoms with Crippen LogP contribution in [-0.4, -0.2) is 27.4 Å². The average Bonchev–Trinajstić information content (AvgIpc) is 2.35. The van der Waals surface area contributed by atoms with Gasteiger partial charge in [-0.25, -0.2) is 0 Å². The number of hydrogen-bond acceptors (Lipinski definition) is 3. The number of nitrogens with one attached hydrogen (secondary N) is 1. The van der Waals surface area contributed by atoms with Gasteiger partial charge < -0.3 is 9.88 Å². The molecule has 0 saturated carbocycles. The third kappa shape index (κ3) is 2.81. The van der Waals surface area contributed by atoms with Crippen LogP contribution in [0.1, 0.15) is 25.5 Å². The fourth-order valence-electron chi connectivity index (χ4n) is 1.14. The molecule has 74 valence electrons. The van der Waals surface area contributed by atoms with Crippen LogP contribution < -0.4 is 5.32 Å². The SMILES string of the molecule is Cc1nnc(CCNC(C)C)n1C. The predicted octanol–water partition coefficient (Wildman–Crippen LogP) is 0.664. The van der Waals surface area contributed by atoms with Gasteiger partial charge in [0.05, 0.1) is 0 Å². The van der Waals surface area contributed by atoms with E-state index in [1.807, 2.05) is 18.5 Å². The number of nitrogens with zero attached hydrogens (tertiary/aromatic N) is 3. The smallest absolute Gasteiger partial charge is 0.134 e. The minimum absolute atomic E-state index is 0.536. The van der Waals surface area contributed by atoms with Crippen molar-refractivity contribution < 1.29 is 0 Å². The molecule has 1 rings (SSSR count). The molecule has 0 aliphatic heterocycles. The minimum atomic E-state index is 0.536. The highest BCUT2D eigenvalue weighted by Crippen LogP contribution is 1.97. The van der Waals surface area contributed by atoms with E-state index in [9.17, 15) is 0 Å². The lowest BCUT2D eigenvalue weighted by Crippen LogP contribution is -2.25. The fourth-order valence-corrected chi connectivity index (χ4v) is 1.14. The van der Waals surface area contributed by atoms with Crippen molar-refractivity contribution in [2.24, 2.45) is 7.05 Å². The highest BCUT2D eigenvalue weighted by molar-refractivity contribution is 4.92. The van der Waals surface area contributed by atoms with Crippen LogP contribution in [0.5, 0.6) is 0 Å². The van der Waals surface area contributed by atoms with E-state index in [4.69, 9.17) is 0 Å². The summed E-state index contributed by atoms with van der Waals surface area (Å²) in [5, 5.41) is 11.4. The van der Waals surface area contributed by atoms with Crippen molar-refractivity contribution in [1.82, 2.24) is 20.1 Å². The summed E-state index contributed by atoms with van der Waals surface area (Å²) >= 11 is 0. The molecule has 0 amide bonds. The largest absolute Gasteiger partial charge is 0.318 e. The Morgan fingerprint density at radius 2 is 2.08 bits per heavy atom. The molecular weight excluding hydrogens is 164 g/mol. The third-order valence-corrected chi connectivity index (χ3v) is 2.08. The fraction of sp³-hybridized carbons (Fsp3) is 0.778. The second kappa shape index (κ2) is 4.37. The highest BCUT2D eigenvalue weighted by atomic mass is 15.3. The topological polar surface area (TPSA) is 42.7 Å². The monoisotopic (exact) mass is 182 g/mol. The Morgan fingerprint density at radius 3 is 2.54 bits per heavy atom. The van der Waals surface area contributed by atoms with Gasteiger partial charge in [0.25, 0.3) is 0 Å². The van der Waals surface area contributed by atoms with Gasteiger partial charge in [0, 0.05) is 26.1 Å². The van der Waals surface area contributed by atoms with Crippen molar-refractivity contribution in [3.63, 3.8) is 0 Å². The highest BCUT2D eigenvalue weighted by Gasteiger charge is 2.03. The summed E-state index contributed by atoms with van der Waals surface area (Å²) in [6.07, 6.45) is 0.940. The van der Waals surface area contributed by atoms with E-state index in [2.05, 4.69) is 29.4 Å². The van der Waals surface area contributed by atoms with Crippen molar-refractivity contribution in [2.75, 3.05) is 6.54 Å². The third-order valence-electron chi connectivity index (χ3n) is 2.08. The maximum absolute atomic E-state index is 4.09. The number of aromatic nitrogens is 3. The van der Waals surface area contributed by atoms with Gasteiger partial charge in [-0.2, -0.15) is 0 Å². The number of aryl methyl sites for hydroxylation is 1. The molecule has 0 bridgehead atoms. The molecule has 0 saturated heterocycles. The molecule has 0 aromatic carbocycles. The Bertz CT molecular complexity index is 265. The summed E-state index contributed by atoms with van der Waals surface area (Å²) in [4.78, 5) is 0. The molecule has 0 unspecified atom stereocenters. The normalized spacial score (nSPS) is 11.2. The lowest BCUT2D eigenvalue weighted by atomic mass is 10.3. The van der Waals surface area contributed by atoms with Crippen molar-refractivity contribution in [3.05, 3.63) is 11.6 Å². The summed E-state index contributed by atoms with van der Waals surface area (Å²) in [6, 6.07) is 0.536. The molecular formula is C9H18N4. The molecule has 1 N–H and O–H groups in total. The molecule has 0 aliphatic carbocycles. The van der Waals surface area contributed by atoms with Crippen LogP contribution >= 0.6 is 0 Å². The molecule has 0 atom stereocenters. The second-order valence-corrected chi connectivity index (χ2v) is 3.58. The lowest BCUT2D eigenvalue weighted by Gasteiger charge is -2.07. The summed E-state index contributed by atoms with van der Waals surface area (Å²) in [6.45, 7) is 7.21. The maximum Gasteiger partial charge on any atom is 0.134 e. The first kappa shape index (κ1) is 10.2. The van der Waals surface area contributed by atoms with E-state index in [0.29, 0.717) is 6.04 Å². The molecule has 4 heteroatoms. The predicted molar refractivity (Wildman–Crippen MR) is 52.6 cm³/mol. The Morgan fingerprint density at radius 1 is 1.38 bits per heavy atom. The van der Waals surface area contributed by atoms with E-state index < -0.39 is 0 Å². The van der Waals surface area contributed by atoms with Gasteiger partial charge in [-0.1, -0.05) is 13.8 Å². The quantitative estimate of drug-likeness (QED) is 0.744. The number of rotatable bonds is 4. The van der Waals surface area contributed by atoms with Gasteiger partial charge in [-0.05, 0) is 6.92 Å². The Hall–Kier alpha value is -0.900. The van der Waals surface area contributed by atoms with Crippen LogP contribution in [0.15, 0.2) is 0 Å². The van der Waals surface area contributed by atoms with Crippen LogP contribution in [-0.2, 0) is 13.5 Å². The maximum atomic E-state index is 4.09. The first-order valence-corrected chi connectivity index (χ1v) is 4.69. The van der Waals surface area contributed by atoms with Gasteiger partial charge in [0.1, 0.15) is 11.6 Å². The molecule has 0 spiro atoms. The van der Waals surface area contributed by atoms with Crippen molar-refractivity contribution in [2.45, 2.75) is 33.2 Å². The molecule has 13 heavy (non-hydrogen) atoms. The number of hydrogen-bond donors (Lipinski definition) is 1. The molecule has 0 fully saturated rings. The lowest BCUT2D eigenvalue weighted by molar-refractivity contribution is 0.576. The van der Waals surface area contributed by atoms with Crippen LogP contribution in [0.2, 0.25) is 0 Å².